The van der Waals surface area contributed by atoms with Gasteiger partial charge >= 0.3 is 0 Å². The highest BCUT2D eigenvalue weighted by Crippen LogP contribution is 2.37. The van der Waals surface area contributed by atoms with Crippen LogP contribution in [-0.2, 0) is 0 Å². The van der Waals surface area contributed by atoms with Crippen LogP contribution in [0.3, 0.4) is 0 Å². The van der Waals surface area contributed by atoms with Crippen molar-refractivity contribution in [3.05, 3.63) is 72.7 Å². The molecule has 128 valence electrons. The van der Waals surface area contributed by atoms with Crippen LogP contribution in [0.15, 0.2) is 89.2 Å². The van der Waals surface area contributed by atoms with Crippen LogP contribution in [0, 0.1) is 6.92 Å². The summed E-state index contributed by atoms with van der Waals surface area (Å²) < 4.78 is 28.4. The van der Waals surface area contributed by atoms with Gasteiger partial charge in [-0.1, -0.05) is 0 Å². The Balaban J connectivity index is 1.49. The van der Waals surface area contributed by atoms with Gasteiger partial charge in [-0.15, -0.1) is 0 Å². The monoisotopic (exact) mass is 346 g/mol. The van der Waals surface area contributed by atoms with E-state index in [1.807, 2.05) is 61.5 Å². The molecule has 5 rings (SSSR count). The number of hydrogen-bond acceptors (Lipinski definition) is 5. The second-order valence-electron chi connectivity index (χ2n) is 5.91. The largest absolute Gasteiger partial charge is 0.461 e. The van der Waals surface area contributed by atoms with Gasteiger partial charge in [-0.25, -0.2) is 0 Å². The van der Waals surface area contributed by atoms with E-state index in [1.165, 1.54) is 0 Å². The molecule has 0 aliphatic rings. The van der Waals surface area contributed by atoms with E-state index in [4.69, 9.17) is 22.1 Å². The van der Waals surface area contributed by atoms with E-state index < -0.39 is 0 Å². The first-order valence-corrected chi connectivity index (χ1v) is 8.16. The first kappa shape index (κ1) is 14.7. The highest BCUT2D eigenvalue weighted by Gasteiger charge is 2.18. The zero-order valence-corrected chi connectivity index (χ0v) is 13.9. The third kappa shape index (κ3) is 2.41. The molecule has 5 heterocycles. The van der Waals surface area contributed by atoms with Gasteiger partial charge in [0.1, 0.15) is 0 Å². The lowest BCUT2D eigenvalue weighted by Crippen LogP contribution is -1.71. The zero-order valence-electron chi connectivity index (χ0n) is 13.9. The maximum absolute atomic E-state index is 6.00. The molecule has 0 spiro atoms. The predicted octanol–water partition coefficient (Wildman–Crippen LogP) is 6.63. The van der Waals surface area contributed by atoms with Crippen molar-refractivity contribution < 1.29 is 22.1 Å². The minimum atomic E-state index is 0.628. The van der Waals surface area contributed by atoms with Crippen LogP contribution in [-0.4, -0.2) is 0 Å². The van der Waals surface area contributed by atoms with Gasteiger partial charge in [0, 0.05) is 0 Å². The third-order valence-electron chi connectivity index (χ3n) is 4.12. The second-order valence-corrected chi connectivity index (χ2v) is 5.91. The van der Waals surface area contributed by atoms with Gasteiger partial charge < -0.3 is 22.1 Å². The molecule has 0 saturated carbocycles. The fourth-order valence-corrected chi connectivity index (χ4v) is 2.88. The van der Waals surface area contributed by atoms with Gasteiger partial charge in [-0.05, 0) is 67.1 Å². The summed E-state index contributed by atoms with van der Waals surface area (Å²) in [6, 6.07) is 16.7. The zero-order chi connectivity index (χ0) is 17.5. The second kappa shape index (κ2) is 5.74. The van der Waals surface area contributed by atoms with Crippen molar-refractivity contribution in [2.24, 2.45) is 0 Å². The Morgan fingerprint density at radius 2 is 1.08 bits per heavy atom. The quantitative estimate of drug-likeness (QED) is 0.365. The fourth-order valence-electron chi connectivity index (χ4n) is 2.88. The fraction of sp³-hybridized carbons (Fsp3) is 0.0476. The van der Waals surface area contributed by atoms with Gasteiger partial charge in [-0.3, -0.25) is 0 Å². The summed E-state index contributed by atoms with van der Waals surface area (Å²) in [5, 5.41) is 0. The standard InChI is InChI=1S/C21H14O5/c1-13-12-20(18-7-6-16(24-18)14-4-2-10-22-14)26-21(13)19-9-8-17(25-19)15-5-3-11-23-15/h2-12H,1H3. The summed E-state index contributed by atoms with van der Waals surface area (Å²) in [5.41, 5.74) is 0.955. The highest BCUT2D eigenvalue weighted by atomic mass is 16.4. The number of aryl methyl sites for hydroxylation is 1. The molecule has 5 nitrogen and oxygen atoms in total. The molecule has 0 atom stereocenters. The summed E-state index contributed by atoms with van der Waals surface area (Å²) in [6.45, 7) is 1.97. The molecular formula is C21H14O5. The molecule has 0 radical (unpaired) electrons. The molecule has 0 aromatic carbocycles. The van der Waals surface area contributed by atoms with Gasteiger partial charge in [0.25, 0.3) is 0 Å². The minimum absolute atomic E-state index is 0.628. The normalized spacial score (nSPS) is 11.3. The number of hydrogen-bond donors (Lipinski definition) is 0. The van der Waals surface area contributed by atoms with Gasteiger partial charge in [0.05, 0.1) is 12.5 Å². The molecule has 0 fully saturated rings. The van der Waals surface area contributed by atoms with Crippen molar-refractivity contribution in [1.82, 2.24) is 0 Å². The lowest BCUT2D eigenvalue weighted by Gasteiger charge is -1.94. The first-order chi connectivity index (χ1) is 12.8. The van der Waals surface area contributed by atoms with Gasteiger partial charge in [0.2, 0.25) is 0 Å². The van der Waals surface area contributed by atoms with Crippen molar-refractivity contribution in [2.45, 2.75) is 6.92 Å². The highest BCUT2D eigenvalue weighted by molar-refractivity contribution is 5.66. The van der Waals surface area contributed by atoms with Crippen LogP contribution in [0.4, 0.5) is 0 Å². The van der Waals surface area contributed by atoms with E-state index in [-0.39, 0.29) is 0 Å². The Labute approximate surface area is 148 Å². The lowest BCUT2D eigenvalue weighted by molar-refractivity contribution is 0.496. The van der Waals surface area contributed by atoms with Crippen molar-refractivity contribution >= 4 is 0 Å². The van der Waals surface area contributed by atoms with Crippen molar-refractivity contribution in [2.75, 3.05) is 0 Å². The summed E-state index contributed by atoms with van der Waals surface area (Å²) in [4.78, 5) is 0. The molecule has 0 amide bonds. The molecule has 5 aromatic heterocycles. The minimum Gasteiger partial charge on any atom is -0.461 e. The number of furan rings is 5. The Bertz CT molecular complexity index is 1130. The lowest BCUT2D eigenvalue weighted by atomic mass is 10.2. The molecule has 0 unspecified atom stereocenters. The topological polar surface area (TPSA) is 65.7 Å². The average Bonchev–Trinajstić information content (AvgIpc) is 3.45. The van der Waals surface area contributed by atoms with Crippen LogP contribution in [0.25, 0.3) is 46.1 Å². The Kier molecular flexibility index (Phi) is 3.25. The molecule has 0 bridgehead atoms. The maximum atomic E-state index is 6.00. The van der Waals surface area contributed by atoms with Crippen molar-refractivity contribution in [3.63, 3.8) is 0 Å². The predicted molar refractivity (Wildman–Crippen MR) is 94.3 cm³/mol. The smallest absolute Gasteiger partial charge is 0.173 e. The summed E-state index contributed by atoms with van der Waals surface area (Å²) in [6.07, 6.45) is 3.22. The molecule has 0 N–H and O–H groups in total. The molecule has 0 aliphatic heterocycles. The van der Waals surface area contributed by atoms with Crippen LogP contribution >= 0.6 is 0 Å². The SMILES string of the molecule is Cc1cc(-c2ccc(-c3ccco3)o2)oc1-c1ccc(-c2ccco2)o1. The van der Waals surface area contributed by atoms with Gasteiger partial charge in [0.15, 0.2) is 46.1 Å². The molecular weight excluding hydrogens is 332 g/mol. The van der Waals surface area contributed by atoms with E-state index in [0.717, 1.165) is 5.56 Å². The van der Waals surface area contributed by atoms with E-state index in [0.29, 0.717) is 46.1 Å². The maximum Gasteiger partial charge on any atom is 0.173 e. The van der Waals surface area contributed by atoms with E-state index in [9.17, 15) is 0 Å². The van der Waals surface area contributed by atoms with Crippen LogP contribution in [0.5, 0.6) is 0 Å². The average molecular weight is 346 g/mol. The van der Waals surface area contributed by atoms with E-state index >= 15 is 0 Å². The summed E-state index contributed by atoms with van der Waals surface area (Å²) in [7, 11) is 0. The molecule has 0 aliphatic carbocycles. The Hall–Kier alpha value is -3.60. The number of rotatable bonds is 4. The van der Waals surface area contributed by atoms with Gasteiger partial charge in [-0.2, -0.15) is 0 Å². The molecule has 0 saturated heterocycles. The summed E-state index contributed by atoms with van der Waals surface area (Å²) >= 11 is 0. The van der Waals surface area contributed by atoms with Crippen molar-refractivity contribution in [1.29, 1.82) is 0 Å². The summed E-state index contributed by atoms with van der Waals surface area (Å²) in [5.74, 6) is 5.21. The first-order valence-electron chi connectivity index (χ1n) is 8.16. The molecule has 26 heavy (non-hydrogen) atoms. The van der Waals surface area contributed by atoms with E-state index in [1.54, 1.807) is 12.5 Å². The third-order valence-corrected chi connectivity index (χ3v) is 4.12. The van der Waals surface area contributed by atoms with Crippen LogP contribution < -0.4 is 0 Å². The molecule has 5 heteroatoms. The van der Waals surface area contributed by atoms with E-state index in [2.05, 4.69) is 0 Å². The Morgan fingerprint density at radius 3 is 1.65 bits per heavy atom. The van der Waals surface area contributed by atoms with Crippen LogP contribution in [0.1, 0.15) is 5.56 Å². The van der Waals surface area contributed by atoms with Crippen LogP contribution in [0.2, 0.25) is 0 Å². The molecule has 5 aromatic rings. The van der Waals surface area contributed by atoms with Crippen molar-refractivity contribution in [3.8, 4) is 46.1 Å². The Morgan fingerprint density at radius 1 is 0.538 bits per heavy atom.